The normalized spacial score (nSPS) is 36.2. The quantitative estimate of drug-likeness (QED) is 0.0626. The second-order valence-corrected chi connectivity index (χ2v) is 27.7. The molecule has 0 bridgehead atoms. The van der Waals surface area contributed by atoms with Gasteiger partial charge in [0.05, 0.1) is 37.4 Å². The second kappa shape index (κ2) is 25.5. The zero-order valence-corrected chi connectivity index (χ0v) is 52.4. The van der Waals surface area contributed by atoms with Crippen molar-refractivity contribution >= 4 is 29.8 Å². The minimum atomic E-state index is -1.50. The molecule has 3 aromatic carbocycles. The summed E-state index contributed by atoms with van der Waals surface area (Å²) >= 11 is 0. The highest BCUT2D eigenvalue weighted by Gasteiger charge is 2.71. The summed E-state index contributed by atoms with van der Waals surface area (Å²) in [4.78, 5) is 66.1. The standard InChI is InChI=1S/C70H92O16/c1-43-57(82-45(3)72)59(83-46(4)73)61(84-47(5)74)63(81-43)86-60(58(78-39-49-23-17-13-18-24-49)53(41-76-44(2)71)77-38-48-21-15-12-16-22-48)62-80-42-67(9)54-29-32-69(11)55(66(54,8)31-30-56(67)85-62)28-27-51-52-37-65(6,7)33-35-70(52,36-34-68(51,69)10)64(75)79-40-50-25-19-14-20-26-50/h12-27,43,52-63H,28-42H2,1-11H3/t43-,52-,53-,54+,55+,56-,57-,58-,59+,60+,61+,62+,63-,66-,67-,68+,69+,70-/m0/s1. The minimum Gasteiger partial charge on any atom is -0.463 e. The van der Waals surface area contributed by atoms with Gasteiger partial charge in [0.25, 0.3) is 0 Å². The SMILES string of the molecule is CC(=O)OC[C@H](OCc1ccccc1)[C@H](OCc1ccccc1)[C@@H](O[C@@H]1O[C@@H](C)[C@H](OC(C)=O)[C@@H](OC(C)=O)[C@H]1OC(C)=O)[C@@H]1OC[C@@]2(C)[C@@H]3CC[C@]4(C)[C@H](CC=C5[C@@H]6CC(C)(C)CC[C@]6(C(=O)OCc6ccccc6)CC[C@]54C)[C@@]3(C)CC[C@@H]2O1. The second-order valence-electron chi connectivity index (χ2n) is 27.7. The zero-order chi connectivity index (χ0) is 61.4. The predicted molar refractivity (Wildman–Crippen MR) is 317 cm³/mol. The first-order valence-corrected chi connectivity index (χ1v) is 31.4. The molecule has 6 fully saturated rings. The fraction of sp³-hybridized carbons (Fsp3) is 0.643. The Kier molecular flexibility index (Phi) is 18.9. The van der Waals surface area contributed by atoms with Gasteiger partial charge in [0, 0.05) is 33.1 Å². The van der Waals surface area contributed by atoms with Gasteiger partial charge in [-0.25, -0.2) is 0 Å². The fourth-order valence-electron chi connectivity index (χ4n) is 17.2. The van der Waals surface area contributed by atoms with Crippen LogP contribution in [0.1, 0.15) is 157 Å². The Bertz CT molecular complexity index is 2920. The van der Waals surface area contributed by atoms with E-state index >= 15 is 0 Å². The highest BCUT2D eigenvalue weighted by molar-refractivity contribution is 5.79. The van der Waals surface area contributed by atoms with E-state index in [0.29, 0.717) is 18.9 Å². The molecule has 0 N–H and O–H groups in total. The molecule has 2 heterocycles. The summed E-state index contributed by atoms with van der Waals surface area (Å²) < 4.78 is 71.8. The number of fused-ring (bicyclic) bond motifs is 9. The van der Waals surface area contributed by atoms with E-state index in [-0.39, 0.29) is 72.0 Å². The zero-order valence-electron chi connectivity index (χ0n) is 52.4. The molecule has 3 aromatic rings. The molecule has 7 aliphatic rings. The fourth-order valence-corrected chi connectivity index (χ4v) is 17.2. The molecular weight excluding hydrogens is 1100 g/mol. The minimum absolute atomic E-state index is 0.0416. The number of rotatable bonds is 19. The molecule has 0 radical (unpaired) electrons. The first-order chi connectivity index (χ1) is 40.9. The van der Waals surface area contributed by atoms with Crippen molar-refractivity contribution in [3.63, 3.8) is 0 Å². The third-order valence-electron chi connectivity index (χ3n) is 21.8. The van der Waals surface area contributed by atoms with Crippen LogP contribution in [-0.2, 0) is 95.9 Å². The summed E-state index contributed by atoms with van der Waals surface area (Å²) in [7, 11) is 0. The molecule has 10 rings (SSSR count). The van der Waals surface area contributed by atoms with Gasteiger partial charge in [0.2, 0.25) is 0 Å². The maximum Gasteiger partial charge on any atom is 0.313 e. The average molecular weight is 1190 g/mol. The van der Waals surface area contributed by atoms with Crippen LogP contribution in [0.5, 0.6) is 0 Å². The van der Waals surface area contributed by atoms with Crippen LogP contribution in [-0.4, -0.2) is 104 Å². The molecule has 18 atom stereocenters. The number of carbonyl (C=O) groups is 5. The van der Waals surface area contributed by atoms with Crippen molar-refractivity contribution in [3.8, 4) is 0 Å². The van der Waals surface area contributed by atoms with Crippen molar-refractivity contribution in [1.29, 1.82) is 0 Å². The number of carbonyl (C=O) groups excluding carboxylic acids is 5. The van der Waals surface area contributed by atoms with Gasteiger partial charge >= 0.3 is 29.8 Å². The molecule has 468 valence electrons. The highest BCUT2D eigenvalue weighted by Crippen LogP contribution is 2.76. The van der Waals surface area contributed by atoms with E-state index < -0.39 is 90.0 Å². The summed E-state index contributed by atoms with van der Waals surface area (Å²) in [6, 6.07) is 29.2. The van der Waals surface area contributed by atoms with E-state index in [0.717, 1.165) is 74.5 Å². The van der Waals surface area contributed by atoms with E-state index in [1.165, 1.54) is 33.3 Å². The number of allylic oxidation sites excluding steroid dienone is 2. The van der Waals surface area contributed by atoms with Crippen LogP contribution < -0.4 is 0 Å². The van der Waals surface area contributed by atoms with Crippen molar-refractivity contribution in [2.45, 2.75) is 222 Å². The predicted octanol–water partition coefficient (Wildman–Crippen LogP) is 11.9. The van der Waals surface area contributed by atoms with E-state index in [1.807, 2.05) is 91.0 Å². The van der Waals surface area contributed by atoms with Crippen LogP contribution >= 0.6 is 0 Å². The maximum atomic E-state index is 14.7. The van der Waals surface area contributed by atoms with Crippen molar-refractivity contribution in [2.24, 2.45) is 50.2 Å². The number of hydrogen-bond acceptors (Lipinski definition) is 16. The number of ether oxygens (including phenoxy) is 11. The molecule has 5 aliphatic carbocycles. The summed E-state index contributed by atoms with van der Waals surface area (Å²) in [5.41, 5.74) is 2.92. The monoisotopic (exact) mass is 1190 g/mol. The summed E-state index contributed by atoms with van der Waals surface area (Å²) in [6.07, 6.45) is 0.131. The average Bonchev–Trinajstić information content (AvgIpc) is 0.687. The maximum absolute atomic E-state index is 14.7. The smallest absolute Gasteiger partial charge is 0.313 e. The molecule has 86 heavy (non-hydrogen) atoms. The first kappa shape index (κ1) is 63.5. The molecule has 4 saturated carbocycles. The van der Waals surface area contributed by atoms with Gasteiger partial charge in [-0.2, -0.15) is 0 Å². The van der Waals surface area contributed by atoms with Crippen LogP contribution in [0.25, 0.3) is 0 Å². The molecule has 0 aromatic heterocycles. The van der Waals surface area contributed by atoms with E-state index in [2.05, 4.69) is 47.6 Å². The lowest BCUT2D eigenvalue weighted by Crippen LogP contribution is -2.68. The topological polar surface area (TPSA) is 187 Å². The van der Waals surface area contributed by atoms with Crippen LogP contribution in [0, 0.1) is 50.2 Å². The third-order valence-corrected chi connectivity index (χ3v) is 21.8. The lowest BCUT2D eigenvalue weighted by atomic mass is 9.33. The van der Waals surface area contributed by atoms with E-state index in [9.17, 15) is 24.0 Å². The van der Waals surface area contributed by atoms with Crippen molar-refractivity contribution in [3.05, 3.63) is 119 Å². The summed E-state index contributed by atoms with van der Waals surface area (Å²) in [5, 5.41) is 0. The van der Waals surface area contributed by atoms with Crippen LogP contribution in [0.15, 0.2) is 103 Å². The van der Waals surface area contributed by atoms with Gasteiger partial charge in [-0.15, -0.1) is 0 Å². The largest absolute Gasteiger partial charge is 0.463 e. The molecule has 2 saturated heterocycles. The Hall–Kier alpha value is -5.49. The number of benzene rings is 3. The summed E-state index contributed by atoms with van der Waals surface area (Å²) in [5.74, 6) is -2.07. The van der Waals surface area contributed by atoms with Crippen molar-refractivity contribution < 1.29 is 76.1 Å². The van der Waals surface area contributed by atoms with Gasteiger partial charge in [-0.3, -0.25) is 24.0 Å². The third kappa shape index (κ3) is 12.6. The van der Waals surface area contributed by atoms with Crippen LogP contribution in [0.2, 0.25) is 0 Å². The molecule has 0 spiro atoms. The Morgan fingerprint density at radius 2 is 1.17 bits per heavy atom. The molecule has 2 aliphatic heterocycles. The first-order valence-electron chi connectivity index (χ1n) is 31.4. The van der Waals surface area contributed by atoms with Gasteiger partial charge in [0.1, 0.15) is 31.5 Å². The van der Waals surface area contributed by atoms with Gasteiger partial charge in [-0.1, -0.05) is 144 Å². The Balaban J connectivity index is 0.983. The van der Waals surface area contributed by atoms with Gasteiger partial charge in [-0.05, 0) is 127 Å². The molecule has 0 amide bonds. The van der Waals surface area contributed by atoms with Crippen LogP contribution in [0.4, 0.5) is 0 Å². The van der Waals surface area contributed by atoms with Gasteiger partial charge in [0.15, 0.2) is 30.9 Å². The van der Waals surface area contributed by atoms with E-state index in [4.69, 9.17) is 52.1 Å². The van der Waals surface area contributed by atoms with Crippen molar-refractivity contribution in [2.75, 3.05) is 13.2 Å². The lowest BCUT2D eigenvalue weighted by molar-refractivity contribution is -0.378. The Labute approximate surface area is 508 Å². The molecule has 16 heteroatoms. The lowest BCUT2D eigenvalue weighted by Gasteiger charge is -2.72. The van der Waals surface area contributed by atoms with E-state index in [1.54, 1.807) is 6.92 Å². The number of esters is 5. The summed E-state index contributed by atoms with van der Waals surface area (Å²) in [6.45, 7) is 21.8. The van der Waals surface area contributed by atoms with Crippen molar-refractivity contribution in [1.82, 2.24) is 0 Å². The molecule has 16 nitrogen and oxygen atoms in total. The number of hydrogen-bond donors (Lipinski definition) is 0. The molecule has 0 unspecified atom stereocenters. The highest BCUT2D eigenvalue weighted by atomic mass is 16.8. The molecular formula is C70H92O16. The Morgan fingerprint density at radius 3 is 1.79 bits per heavy atom. The van der Waals surface area contributed by atoms with Gasteiger partial charge < -0.3 is 52.1 Å². The van der Waals surface area contributed by atoms with Crippen LogP contribution in [0.3, 0.4) is 0 Å². The Morgan fingerprint density at radius 1 is 0.593 bits per heavy atom.